The second kappa shape index (κ2) is 9.47. The molecule has 1 aromatic carbocycles. The SMILES string of the molecule is CC1CC(F)(F)CN(C(=O)c2nn(C)cc2-c2ccccc2F)C1CNc1ccc(C(F)(F)F)cn1. The second-order valence-corrected chi connectivity index (χ2v) is 8.89. The van der Waals surface area contributed by atoms with Crippen molar-refractivity contribution in [3.63, 3.8) is 0 Å². The van der Waals surface area contributed by atoms with Gasteiger partial charge in [0, 0.05) is 43.5 Å². The molecule has 0 aliphatic carbocycles. The Morgan fingerprint density at radius 2 is 1.89 bits per heavy atom. The lowest BCUT2D eigenvalue weighted by Crippen LogP contribution is -2.57. The highest BCUT2D eigenvalue weighted by Crippen LogP contribution is 2.36. The summed E-state index contributed by atoms with van der Waals surface area (Å²) in [7, 11) is 1.53. The van der Waals surface area contributed by atoms with Gasteiger partial charge in [0.15, 0.2) is 5.69 Å². The summed E-state index contributed by atoms with van der Waals surface area (Å²) in [6, 6.07) is 6.98. The number of piperidine rings is 1. The van der Waals surface area contributed by atoms with Gasteiger partial charge < -0.3 is 10.2 Å². The Labute approximate surface area is 202 Å². The van der Waals surface area contributed by atoms with Crippen molar-refractivity contribution in [2.45, 2.75) is 31.5 Å². The van der Waals surface area contributed by atoms with Gasteiger partial charge in [0.2, 0.25) is 0 Å². The molecule has 1 amide bonds. The molecule has 1 aliphatic heterocycles. The predicted octanol–water partition coefficient (Wildman–Crippen LogP) is 5.24. The first kappa shape index (κ1) is 25.5. The summed E-state index contributed by atoms with van der Waals surface area (Å²) < 4.78 is 83.3. The zero-order valence-corrected chi connectivity index (χ0v) is 19.4. The van der Waals surface area contributed by atoms with Crippen molar-refractivity contribution in [1.29, 1.82) is 0 Å². The molecule has 0 radical (unpaired) electrons. The molecule has 2 aromatic heterocycles. The Hall–Kier alpha value is -3.57. The molecule has 12 heteroatoms. The Kier molecular flexibility index (Phi) is 6.72. The number of nitrogens with zero attached hydrogens (tertiary/aromatic N) is 4. The minimum absolute atomic E-state index is 0.0385. The second-order valence-electron chi connectivity index (χ2n) is 8.89. The van der Waals surface area contributed by atoms with Crippen LogP contribution in [0.25, 0.3) is 11.1 Å². The molecule has 0 bridgehead atoms. The highest BCUT2D eigenvalue weighted by Gasteiger charge is 2.47. The van der Waals surface area contributed by atoms with E-state index in [0.717, 1.165) is 17.0 Å². The van der Waals surface area contributed by atoms with Gasteiger partial charge in [-0.05, 0) is 24.1 Å². The number of aromatic nitrogens is 3. The van der Waals surface area contributed by atoms with Crippen LogP contribution in [0.2, 0.25) is 0 Å². The number of carbonyl (C=O) groups is 1. The molecule has 4 rings (SSSR count). The summed E-state index contributed by atoms with van der Waals surface area (Å²) in [6.07, 6.45) is -2.92. The van der Waals surface area contributed by atoms with Gasteiger partial charge in [0.1, 0.15) is 11.6 Å². The molecule has 3 heterocycles. The van der Waals surface area contributed by atoms with E-state index >= 15 is 0 Å². The standard InChI is InChI=1S/C24H23F6N5O/c1-14-9-23(26,27)13-35(19(14)11-32-20-8-7-15(10-31-20)24(28,29)30)22(36)21-17(12-34(2)33-21)16-5-3-4-6-18(16)25/h3-8,10,12,14,19H,9,11,13H2,1-2H3,(H,31,32). The van der Waals surface area contributed by atoms with E-state index in [1.165, 1.54) is 36.1 Å². The van der Waals surface area contributed by atoms with E-state index in [9.17, 15) is 31.1 Å². The first-order valence-electron chi connectivity index (χ1n) is 11.1. The van der Waals surface area contributed by atoms with Crippen LogP contribution in [0, 0.1) is 11.7 Å². The van der Waals surface area contributed by atoms with Gasteiger partial charge in [-0.2, -0.15) is 18.3 Å². The highest BCUT2D eigenvalue weighted by molar-refractivity contribution is 5.99. The molecule has 2 atom stereocenters. The minimum Gasteiger partial charge on any atom is -0.368 e. The number of anilines is 1. The summed E-state index contributed by atoms with van der Waals surface area (Å²) >= 11 is 0. The summed E-state index contributed by atoms with van der Waals surface area (Å²) in [4.78, 5) is 18.3. The normalized spacial score (nSPS) is 19.8. The summed E-state index contributed by atoms with van der Waals surface area (Å²) in [5.41, 5.74) is -0.829. The summed E-state index contributed by atoms with van der Waals surface area (Å²) in [5.74, 6) is -5.12. The van der Waals surface area contributed by atoms with Crippen molar-refractivity contribution in [2.24, 2.45) is 13.0 Å². The average molecular weight is 511 g/mol. The Balaban J connectivity index is 1.62. The van der Waals surface area contributed by atoms with Gasteiger partial charge in [-0.1, -0.05) is 25.1 Å². The van der Waals surface area contributed by atoms with E-state index in [1.807, 2.05) is 0 Å². The Morgan fingerprint density at radius 3 is 2.53 bits per heavy atom. The average Bonchev–Trinajstić information content (AvgIpc) is 3.18. The fraction of sp³-hybridized carbons (Fsp3) is 0.375. The lowest BCUT2D eigenvalue weighted by molar-refractivity contribution is -0.137. The Bertz CT molecular complexity index is 1240. The number of amides is 1. The fourth-order valence-electron chi connectivity index (χ4n) is 4.41. The molecule has 0 spiro atoms. The number of likely N-dealkylation sites (tertiary alicyclic amines) is 1. The zero-order chi connectivity index (χ0) is 26.3. The molecule has 1 aliphatic rings. The van der Waals surface area contributed by atoms with E-state index in [-0.39, 0.29) is 29.2 Å². The summed E-state index contributed by atoms with van der Waals surface area (Å²) in [5, 5.41) is 6.98. The fourth-order valence-corrected chi connectivity index (χ4v) is 4.41. The molecule has 1 fully saturated rings. The first-order chi connectivity index (χ1) is 16.9. The number of hydrogen-bond acceptors (Lipinski definition) is 4. The van der Waals surface area contributed by atoms with Crippen molar-refractivity contribution in [3.05, 3.63) is 65.9 Å². The molecule has 2 unspecified atom stereocenters. The van der Waals surface area contributed by atoms with Crippen LogP contribution in [-0.2, 0) is 13.2 Å². The maximum Gasteiger partial charge on any atom is 0.417 e. The third kappa shape index (κ3) is 5.31. The van der Waals surface area contributed by atoms with Crippen LogP contribution in [0.1, 0.15) is 29.4 Å². The van der Waals surface area contributed by atoms with Gasteiger partial charge >= 0.3 is 6.18 Å². The number of benzene rings is 1. The van der Waals surface area contributed by atoms with Crippen LogP contribution >= 0.6 is 0 Å². The molecule has 1 saturated heterocycles. The molecule has 3 aromatic rings. The molecule has 192 valence electrons. The predicted molar refractivity (Wildman–Crippen MR) is 120 cm³/mol. The van der Waals surface area contributed by atoms with Crippen molar-refractivity contribution >= 4 is 11.7 Å². The van der Waals surface area contributed by atoms with Crippen LogP contribution in [0.3, 0.4) is 0 Å². The molecule has 6 nitrogen and oxygen atoms in total. The molecular formula is C24H23F6N5O. The number of carbonyl (C=O) groups excluding carboxylic acids is 1. The molecule has 0 saturated carbocycles. The van der Waals surface area contributed by atoms with Gasteiger partial charge in [0.05, 0.1) is 18.2 Å². The molecule has 1 N–H and O–H groups in total. The van der Waals surface area contributed by atoms with Gasteiger partial charge in [-0.25, -0.2) is 18.2 Å². The van der Waals surface area contributed by atoms with Gasteiger partial charge in [-0.3, -0.25) is 9.48 Å². The number of hydrogen-bond donors (Lipinski definition) is 1. The van der Waals surface area contributed by atoms with Gasteiger partial charge in [-0.15, -0.1) is 0 Å². The van der Waals surface area contributed by atoms with Crippen LogP contribution in [0.15, 0.2) is 48.8 Å². The third-order valence-corrected chi connectivity index (χ3v) is 6.12. The van der Waals surface area contributed by atoms with Crippen molar-refractivity contribution < 1.29 is 31.1 Å². The number of alkyl halides is 5. The number of rotatable bonds is 5. The maximum atomic E-state index is 14.5. The number of aryl methyl sites for hydroxylation is 1. The molecular weight excluding hydrogens is 488 g/mol. The van der Waals surface area contributed by atoms with Crippen molar-refractivity contribution in [1.82, 2.24) is 19.7 Å². The lowest BCUT2D eigenvalue weighted by atomic mass is 9.88. The van der Waals surface area contributed by atoms with Crippen LogP contribution in [0.5, 0.6) is 0 Å². The third-order valence-electron chi connectivity index (χ3n) is 6.12. The van der Waals surface area contributed by atoms with Crippen molar-refractivity contribution in [2.75, 3.05) is 18.4 Å². The van der Waals surface area contributed by atoms with E-state index in [0.29, 0.717) is 6.20 Å². The highest BCUT2D eigenvalue weighted by atomic mass is 19.4. The van der Waals surface area contributed by atoms with Crippen molar-refractivity contribution in [3.8, 4) is 11.1 Å². The quantitative estimate of drug-likeness (QED) is 0.476. The number of halogens is 6. The monoisotopic (exact) mass is 511 g/mol. The zero-order valence-electron chi connectivity index (χ0n) is 19.4. The van der Waals surface area contributed by atoms with Crippen LogP contribution < -0.4 is 5.32 Å². The number of pyridine rings is 1. The summed E-state index contributed by atoms with van der Waals surface area (Å²) in [6.45, 7) is 0.648. The van der Waals surface area contributed by atoms with E-state index < -0.39 is 54.3 Å². The van der Waals surface area contributed by atoms with E-state index in [1.54, 1.807) is 13.0 Å². The molecule has 36 heavy (non-hydrogen) atoms. The smallest absolute Gasteiger partial charge is 0.368 e. The minimum atomic E-state index is -4.54. The lowest BCUT2D eigenvalue weighted by Gasteiger charge is -2.43. The number of nitrogens with one attached hydrogen (secondary N) is 1. The van der Waals surface area contributed by atoms with E-state index in [4.69, 9.17) is 0 Å². The topological polar surface area (TPSA) is 63.1 Å². The van der Waals surface area contributed by atoms with Crippen LogP contribution in [-0.4, -0.2) is 50.6 Å². The Morgan fingerprint density at radius 1 is 1.17 bits per heavy atom. The van der Waals surface area contributed by atoms with Crippen LogP contribution in [0.4, 0.5) is 32.2 Å². The largest absolute Gasteiger partial charge is 0.417 e. The van der Waals surface area contributed by atoms with Gasteiger partial charge in [0.25, 0.3) is 11.8 Å². The first-order valence-corrected chi connectivity index (χ1v) is 11.1. The maximum absolute atomic E-state index is 14.5. The van der Waals surface area contributed by atoms with E-state index in [2.05, 4.69) is 15.4 Å².